The van der Waals surface area contributed by atoms with E-state index in [-0.39, 0.29) is 0 Å². The molecule has 0 aliphatic heterocycles. The van der Waals surface area contributed by atoms with Crippen molar-refractivity contribution in [3.05, 3.63) is 43.7 Å². The fourth-order valence-corrected chi connectivity index (χ4v) is 2.52. The summed E-state index contributed by atoms with van der Waals surface area (Å²) in [6.07, 6.45) is 0. The minimum atomic E-state index is 0.448. The third-order valence-corrected chi connectivity index (χ3v) is 4.13. The highest BCUT2D eigenvalue weighted by Gasteiger charge is 2.10. The van der Waals surface area contributed by atoms with E-state index < -0.39 is 0 Å². The zero-order valence-electron chi connectivity index (χ0n) is 10.7. The van der Waals surface area contributed by atoms with Gasteiger partial charge in [0.15, 0.2) is 0 Å². The molecule has 0 saturated heterocycles. The predicted molar refractivity (Wildman–Crippen MR) is 83.7 cm³/mol. The first-order chi connectivity index (χ1) is 8.88. The quantitative estimate of drug-likeness (QED) is 0.746. The average molecular weight is 361 g/mol. The molecule has 0 fully saturated rings. The van der Waals surface area contributed by atoms with Crippen molar-refractivity contribution < 1.29 is 0 Å². The van der Waals surface area contributed by atoms with Crippen molar-refractivity contribution in [3.63, 3.8) is 0 Å². The summed E-state index contributed by atoms with van der Waals surface area (Å²) in [4.78, 5) is 8.46. The lowest BCUT2D eigenvalue weighted by molar-refractivity contribution is 1.04. The highest BCUT2D eigenvalue weighted by atomic mass is 79.9. The summed E-state index contributed by atoms with van der Waals surface area (Å²) in [5.74, 6) is 1.30. The second-order valence-corrected chi connectivity index (χ2v) is 5.86. The standard InChI is InChI=1S/C13H12BrCl2N3/c1-6-4-9(14)11(5-10(6)15)19-13-7(2)12(16)17-8(3)18-13/h4-5H,1-3H3,(H,17,18,19). The Kier molecular flexibility index (Phi) is 4.33. The summed E-state index contributed by atoms with van der Waals surface area (Å²) >= 11 is 15.7. The molecule has 0 radical (unpaired) electrons. The third-order valence-electron chi connectivity index (χ3n) is 2.70. The first-order valence-corrected chi connectivity index (χ1v) is 7.17. The van der Waals surface area contributed by atoms with E-state index in [2.05, 4.69) is 31.2 Å². The Labute approximate surface area is 130 Å². The Morgan fingerprint density at radius 2 is 1.79 bits per heavy atom. The number of nitrogens with zero attached hydrogens (tertiary/aromatic N) is 2. The number of aryl methyl sites for hydroxylation is 2. The molecule has 1 heterocycles. The van der Waals surface area contributed by atoms with Gasteiger partial charge >= 0.3 is 0 Å². The van der Waals surface area contributed by atoms with Crippen molar-refractivity contribution in [2.75, 3.05) is 5.32 Å². The third kappa shape index (κ3) is 3.19. The van der Waals surface area contributed by atoms with Crippen LogP contribution in [0.25, 0.3) is 0 Å². The lowest BCUT2D eigenvalue weighted by atomic mass is 10.2. The number of halogens is 3. The van der Waals surface area contributed by atoms with Crippen LogP contribution in [0.5, 0.6) is 0 Å². The van der Waals surface area contributed by atoms with Crippen LogP contribution in [0.2, 0.25) is 10.2 Å². The van der Waals surface area contributed by atoms with E-state index in [0.29, 0.717) is 21.8 Å². The maximum absolute atomic E-state index is 6.13. The molecule has 2 aromatic rings. The van der Waals surface area contributed by atoms with Crippen molar-refractivity contribution in [2.24, 2.45) is 0 Å². The number of hydrogen-bond donors (Lipinski definition) is 1. The average Bonchev–Trinajstić information content (AvgIpc) is 2.32. The summed E-state index contributed by atoms with van der Waals surface area (Å²) < 4.78 is 0.918. The monoisotopic (exact) mass is 359 g/mol. The van der Waals surface area contributed by atoms with Gasteiger partial charge in [-0.05, 0) is 54.4 Å². The number of aromatic nitrogens is 2. The zero-order chi connectivity index (χ0) is 14.2. The molecule has 0 bridgehead atoms. The van der Waals surface area contributed by atoms with Gasteiger partial charge in [-0.1, -0.05) is 23.2 Å². The highest BCUT2D eigenvalue weighted by Crippen LogP contribution is 2.32. The van der Waals surface area contributed by atoms with Gasteiger partial charge in [0.1, 0.15) is 16.8 Å². The summed E-state index contributed by atoms with van der Waals surface area (Å²) in [5.41, 5.74) is 2.65. The molecular weight excluding hydrogens is 349 g/mol. The van der Waals surface area contributed by atoms with Gasteiger partial charge < -0.3 is 5.32 Å². The maximum atomic E-state index is 6.13. The van der Waals surface area contributed by atoms with Crippen molar-refractivity contribution in [3.8, 4) is 0 Å². The molecule has 0 spiro atoms. The molecule has 1 aromatic carbocycles. The van der Waals surface area contributed by atoms with Crippen LogP contribution in [0.3, 0.4) is 0 Å². The number of rotatable bonds is 2. The highest BCUT2D eigenvalue weighted by molar-refractivity contribution is 9.10. The zero-order valence-corrected chi connectivity index (χ0v) is 13.8. The van der Waals surface area contributed by atoms with E-state index in [4.69, 9.17) is 23.2 Å². The van der Waals surface area contributed by atoms with Gasteiger partial charge in [0.25, 0.3) is 0 Å². The molecule has 1 aromatic heterocycles. The molecule has 0 amide bonds. The van der Waals surface area contributed by atoms with E-state index in [1.807, 2.05) is 26.0 Å². The van der Waals surface area contributed by atoms with E-state index in [0.717, 1.165) is 21.3 Å². The minimum Gasteiger partial charge on any atom is -0.339 e. The molecule has 2 rings (SSSR count). The van der Waals surface area contributed by atoms with Crippen LogP contribution < -0.4 is 5.32 Å². The Morgan fingerprint density at radius 3 is 2.47 bits per heavy atom. The van der Waals surface area contributed by atoms with Gasteiger partial charge in [0.05, 0.1) is 5.69 Å². The van der Waals surface area contributed by atoms with Crippen molar-refractivity contribution in [1.29, 1.82) is 0 Å². The topological polar surface area (TPSA) is 37.8 Å². The molecular formula is C13H12BrCl2N3. The minimum absolute atomic E-state index is 0.448. The molecule has 100 valence electrons. The summed E-state index contributed by atoms with van der Waals surface area (Å²) in [5, 5.41) is 4.37. The Hall–Kier alpha value is -0.840. The van der Waals surface area contributed by atoms with Crippen LogP contribution in [0.15, 0.2) is 16.6 Å². The van der Waals surface area contributed by atoms with E-state index >= 15 is 0 Å². The Balaban J connectivity index is 2.44. The number of nitrogens with one attached hydrogen (secondary N) is 1. The van der Waals surface area contributed by atoms with Crippen LogP contribution in [0.4, 0.5) is 11.5 Å². The summed E-state index contributed by atoms with van der Waals surface area (Å²) in [6, 6.07) is 3.81. The SMILES string of the molecule is Cc1nc(Cl)c(C)c(Nc2cc(Cl)c(C)cc2Br)n1. The van der Waals surface area contributed by atoms with Crippen molar-refractivity contribution in [2.45, 2.75) is 20.8 Å². The van der Waals surface area contributed by atoms with Crippen molar-refractivity contribution in [1.82, 2.24) is 9.97 Å². The van der Waals surface area contributed by atoms with E-state index in [1.165, 1.54) is 0 Å². The van der Waals surface area contributed by atoms with Crippen LogP contribution in [0.1, 0.15) is 17.0 Å². The van der Waals surface area contributed by atoms with Crippen molar-refractivity contribution >= 4 is 50.6 Å². The van der Waals surface area contributed by atoms with E-state index in [9.17, 15) is 0 Å². The van der Waals surface area contributed by atoms with E-state index in [1.54, 1.807) is 6.92 Å². The first kappa shape index (κ1) is 14.6. The lowest BCUT2D eigenvalue weighted by Crippen LogP contribution is -2.02. The molecule has 1 N–H and O–H groups in total. The Morgan fingerprint density at radius 1 is 1.11 bits per heavy atom. The van der Waals surface area contributed by atoms with Crippen LogP contribution >= 0.6 is 39.1 Å². The number of anilines is 2. The van der Waals surface area contributed by atoms with Crippen LogP contribution in [-0.2, 0) is 0 Å². The Bertz CT molecular complexity index is 644. The summed E-state index contributed by atoms with van der Waals surface area (Å²) in [7, 11) is 0. The molecule has 0 unspecified atom stereocenters. The second-order valence-electron chi connectivity index (χ2n) is 4.24. The summed E-state index contributed by atoms with van der Waals surface area (Å²) in [6.45, 7) is 5.62. The van der Waals surface area contributed by atoms with Gasteiger partial charge in [-0.15, -0.1) is 0 Å². The fraction of sp³-hybridized carbons (Fsp3) is 0.231. The van der Waals surface area contributed by atoms with Gasteiger partial charge in [0, 0.05) is 15.1 Å². The fourth-order valence-electron chi connectivity index (χ4n) is 1.59. The van der Waals surface area contributed by atoms with Gasteiger partial charge in [-0.3, -0.25) is 0 Å². The molecule has 0 aliphatic rings. The van der Waals surface area contributed by atoms with Gasteiger partial charge in [-0.2, -0.15) is 0 Å². The second kappa shape index (κ2) is 5.65. The lowest BCUT2D eigenvalue weighted by Gasteiger charge is -2.13. The first-order valence-electron chi connectivity index (χ1n) is 5.62. The molecule has 0 atom stereocenters. The predicted octanol–water partition coefficient (Wildman–Crippen LogP) is 5.21. The van der Waals surface area contributed by atoms with Gasteiger partial charge in [-0.25, -0.2) is 9.97 Å². The number of benzene rings is 1. The normalized spacial score (nSPS) is 10.6. The number of hydrogen-bond acceptors (Lipinski definition) is 3. The van der Waals surface area contributed by atoms with Crippen LogP contribution in [-0.4, -0.2) is 9.97 Å². The molecule has 19 heavy (non-hydrogen) atoms. The van der Waals surface area contributed by atoms with Gasteiger partial charge in [0.2, 0.25) is 0 Å². The smallest absolute Gasteiger partial charge is 0.138 e. The van der Waals surface area contributed by atoms with Crippen LogP contribution in [0, 0.1) is 20.8 Å². The maximum Gasteiger partial charge on any atom is 0.138 e. The molecule has 6 heteroatoms. The molecule has 0 aliphatic carbocycles. The molecule has 3 nitrogen and oxygen atoms in total. The molecule has 0 saturated carbocycles. The largest absolute Gasteiger partial charge is 0.339 e.